The lowest BCUT2D eigenvalue weighted by molar-refractivity contribution is 0.601. The van der Waals surface area contributed by atoms with Gasteiger partial charge in [-0.05, 0) is 31.5 Å². The molecule has 0 fully saturated rings. The van der Waals surface area contributed by atoms with Crippen LogP contribution in [-0.4, -0.2) is 18.4 Å². The smallest absolute Gasteiger partial charge is 0.247 e. The standard InChI is InChI=1S/C18H17N3O2S/c1-13-14(2)19-18(20-17(13)15-9-5-3-6-10-15)21-24(22,23)16-11-7-4-8-12-16/h3-12H,1-2H3,(H,19,20,21). The van der Waals surface area contributed by atoms with Crippen LogP contribution < -0.4 is 4.72 Å². The molecule has 2 aromatic carbocycles. The van der Waals surface area contributed by atoms with E-state index in [1.807, 2.05) is 44.2 Å². The first-order valence-corrected chi connectivity index (χ1v) is 8.94. The van der Waals surface area contributed by atoms with E-state index in [9.17, 15) is 8.42 Å². The van der Waals surface area contributed by atoms with E-state index in [4.69, 9.17) is 0 Å². The number of rotatable bonds is 4. The molecule has 0 saturated heterocycles. The number of hydrogen-bond donors (Lipinski definition) is 1. The number of nitrogens with one attached hydrogen (secondary N) is 1. The minimum absolute atomic E-state index is 0.0702. The van der Waals surface area contributed by atoms with Crippen molar-refractivity contribution in [1.29, 1.82) is 0 Å². The molecular formula is C18H17N3O2S. The van der Waals surface area contributed by atoms with Gasteiger partial charge in [0.1, 0.15) is 0 Å². The maximum absolute atomic E-state index is 12.5. The van der Waals surface area contributed by atoms with E-state index in [0.29, 0.717) is 5.69 Å². The second kappa shape index (κ2) is 6.41. The number of nitrogens with zero attached hydrogens (tertiary/aromatic N) is 2. The summed E-state index contributed by atoms with van der Waals surface area (Å²) in [6.07, 6.45) is 0. The minimum Gasteiger partial charge on any atom is -0.247 e. The van der Waals surface area contributed by atoms with Crippen LogP contribution in [0, 0.1) is 13.8 Å². The Labute approximate surface area is 141 Å². The minimum atomic E-state index is -3.72. The van der Waals surface area contributed by atoms with Crippen molar-refractivity contribution in [2.45, 2.75) is 18.7 Å². The maximum atomic E-state index is 12.5. The van der Waals surface area contributed by atoms with Gasteiger partial charge in [0.05, 0.1) is 10.6 Å². The number of hydrogen-bond acceptors (Lipinski definition) is 4. The van der Waals surface area contributed by atoms with Gasteiger partial charge in [-0.25, -0.2) is 23.1 Å². The summed E-state index contributed by atoms with van der Waals surface area (Å²) in [4.78, 5) is 8.86. The van der Waals surface area contributed by atoms with E-state index in [2.05, 4.69) is 14.7 Å². The van der Waals surface area contributed by atoms with Crippen LogP contribution in [0.1, 0.15) is 11.3 Å². The highest BCUT2D eigenvalue weighted by molar-refractivity contribution is 7.92. The largest absolute Gasteiger partial charge is 0.264 e. The molecule has 3 rings (SSSR count). The highest BCUT2D eigenvalue weighted by atomic mass is 32.2. The topological polar surface area (TPSA) is 72.0 Å². The number of aryl methyl sites for hydroxylation is 1. The predicted octanol–water partition coefficient (Wildman–Crippen LogP) is 3.56. The van der Waals surface area contributed by atoms with Crippen molar-refractivity contribution < 1.29 is 8.42 Å². The third-order valence-electron chi connectivity index (χ3n) is 3.72. The van der Waals surface area contributed by atoms with Gasteiger partial charge in [-0.1, -0.05) is 48.5 Å². The van der Waals surface area contributed by atoms with E-state index in [0.717, 1.165) is 16.8 Å². The van der Waals surface area contributed by atoms with Gasteiger partial charge in [0.15, 0.2) is 0 Å². The van der Waals surface area contributed by atoms with Crippen molar-refractivity contribution in [3.63, 3.8) is 0 Å². The molecule has 6 heteroatoms. The van der Waals surface area contributed by atoms with E-state index in [1.54, 1.807) is 18.2 Å². The molecule has 0 bridgehead atoms. The average molecular weight is 339 g/mol. The number of benzene rings is 2. The summed E-state index contributed by atoms with van der Waals surface area (Å²) in [6.45, 7) is 3.76. The summed E-state index contributed by atoms with van der Waals surface area (Å²) >= 11 is 0. The molecule has 3 aromatic rings. The van der Waals surface area contributed by atoms with Crippen LogP contribution in [0.3, 0.4) is 0 Å². The normalized spacial score (nSPS) is 11.2. The summed E-state index contributed by atoms with van der Waals surface area (Å²) in [6, 6.07) is 17.8. The summed E-state index contributed by atoms with van der Waals surface area (Å²) in [5.74, 6) is 0.0702. The molecule has 5 nitrogen and oxygen atoms in total. The van der Waals surface area contributed by atoms with Crippen molar-refractivity contribution in [3.05, 3.63) is 71.9 Å². The van der Waals surface area contributed by atoms with Crippen molar-refractivity contribution in [2.75, 3.05) is 4.72 Å². The number of aromatic nitrogens is 2. The van der Waals surface area contributed by atoms with Crippen LogP contribution in [0.25, 0.3) is 11.3 Å². The molecule has 0 unspecified atom stereocenters. The lowest BCUT2D eigenvalue weighted by Gasteiger charge is -2.12. The molecule has 0 spiro atoms. The summed E-state index contributed by atoms with van der Waals surface area (Å²) in [5, 5.41) is 0. The second-order valence-corrected chi connectivity index (χ2v) is 7.07. The van der Waals surface area contributed by atoms with Crippen LogP contribution in [0.2, 0.25) is 0 Å². The summed E-state index contributed by atoms with van der Waals surface area (Å²) in [5.41, 5.74) is 3.29. The fourth-order valence-electron chi connectivity index (χ4n) is 2.33. The first kappa shape index (κ1) is 16.1. The molecule has 1 N–H and O–H groups in total. The number of anilines is 1. The van der Waals surface area contributed by atoms with Gasteiger partial charge in [-0.2, -0.15) is 0 Å². The summed E-state index contributed by atoms with van der Waals surface area (Å²) in [7, 11) is -3.72. The Bertz CT molecular complexity index is 956. The highest BCUT2D eigenvalue weighted by Crippen LogP contribution is 2.24. The fourth-order valence-corrected chi connectivity index (χ4v) is 3.30. The van der Waals surface area contributed by atoms with Crippen LogP contribution in [0.5, 0.6) is 0 Å². The third kappa shape index (κ3) is 3.28. The molecule has 1 heterocycles. The van der Waals surface area contributed by atoms with Crippen molar-refractivity contribution in [3.8, 4) is 11.3 Å². The molecule has 122 valence electrons. The van der Waals surface area contributed by atoms with Crippen LogP contribution in [0.4, 0.5) is 5.95 Å². The van der Waals surface area contributed by atoms with E-state index in [1.165, 1.54) is 12.1 Å². The zero-order chi connectivity index (χ0) is 17.2. The molecule has 24 heavy (non-hydrogen) atoms. The van der Waals surface area contributed by atoms with Gasteiger partial charge in [-0.3, -0.25) is 0 Å². The molecule has 1 aromatic heterocycles. The maximum Gasteiger partial charge on any atom is 0.264 e. The lowest BCUT2D eigenvalue weighted by atomic mass is 10.1. The van der Waals surface area contributed by atoms with Gasteiger partial charge in [-0.15, -0.1) is 0 Å². The van der Waals surface area contributed by atoms with Crippen LogP contribution in [0.15, 0.2) is 65.6 Å². The van der Waals surface area contributed by atoms with Crippen molar-refractivity contribution in [1.82, 2.24) is 9.97 Å². The van der Waals surface area contributed by atoms with Crippen LogP contribution in [-0.2, 0) is 10.0 Å². The molecular weight excluding hydrogens is 322 g/mol. The van der Waals surface area contributed by atoms with Crippen molar-refractivity contribution in [2.24, 2.45) is 0 Å². The molecule has 0 radical (unpaired) electrons. The Hall–Kier alpha value is -2.73. The van der Waals surface area contributed by atoms with Gasteiger partial charge in [0.2, 0.25) is 5.95 Å². The van der Waals surface area contributed by atoms with E-state index >= 15 is 0 Å². The van der Waals surface area contributed by atoms with Crippen molar-refractivity contribution >= 4 is 16.0 Å². The Morgan fingerprint density at radius 2 is 1.42 bits per heavy atom. The first-order valence-electron chi connectivity index (χ1n) is 7.46. The Balaban J connectivity index is 2.03. The second-order valence-electron chi connectivity index (χ2n) is 5.39. The van der Waals surface area contributed by atoms with E-state index in [-0.39, 0.29) is 10.8 Å². The molecule has 0 amide bonds. The lowest BCUT2D eigenvalue weighted by Crippen LogP contribution is -2.16. The van der Waals surface area contributed by atoms with Gasteiger partial charge in [0, 0.05) is 11.3 Å². The molecule has 0 atom stereocenters. The molecule has 0 aliphatic heterocycles. The predicted molar refractivity (Wildman–Crippen MR) is 94.2 cm³/mol. The van der Waals surface area contributed by atoms with Crippen LogP contribution >= 0.6 is 0 Å². The van der Waals surface area contributed by atoms with Gasteiger partial charge >= 0.3 is 0 Å². The number of sulfonamides is 1. The first-order chi connectivity index (χ1) is 11.5. The average Bonchev–Trinajstić information content (AvgIpc) is 2.59. The zero-order valence-electron chi connectivity index (χ0n) is 13.4. The van der Waals surface area contributed by atoms with Gasteiger partial charge in [0.25, 0.3) is 10.0 Å². The molecule has 0 aliphatic rings. The molecule has 0 saturated carbocycles. The fraction of sp³-hybridized carbons (Fsp3) is 0.111. The Kier molecular flexibility index (Phi) is 4.31. The SMILES string of the molecule is Cc1nc(NS(=O)(=O)c2ccccc2)nc(-c2ccccc2)c1C. The molecule has 0 aliphatic carbocycles. The Morgan fingerprint density at radius 3 is 2.04 bits per heavy atom. The zero-order valence-corrected chi connectivity index (χ0v) is 14.2. The highest BCUT2D eigenvalue weighted by Gasteiger charge is 2.17. The van der Waals surface area contributed by atoms with Gasteiger partial charge < -0.3 is 0 Å². The Morgan fingerprint density at radius 1 is 0.833 bits per heavy atom. The summed E-state index contributed by atoms with van der Waals surface area (Å²) < 4.78 is 27.4. The third-order valence-corrected chi connectivity index (χ3v) is 5.06. The quantitative estimate of drug-likeness (QED) is 0.789. The monoisotopic (exact) mass is 339 g/mol. The van der Waals surface area contributed by atoms with E-state index < -0.39 is 10.0 Å².